The van der Waals surface area contributed by atoms with Gasteiger partial charge in [-0.2, -0.15) is 0 Å². The van der Waals surface area contributed by atoms with Crippen molar-refractivity contribution < 1.29 is 0 Å². The summed E-state index contributed by atoms with van der Waals surface area (Å²) in [6, 6.07) is 96.4. The molecule has 0 atom stereocenters. The molecule has 0 N–H and O–H groups in total. The van der Waals surface area contributed by atoms with Crippen LogP contribution in [0.15, 0.2) is 267 Å². The third-order valence-electron chi connectivity index (χ3n) is 24.6. The summed E-state index contributed by atoms with van der Waals surface area (Å²) in [6.45, 7) is 47.7. The van der Waals surface area contributed by atoms with Crippen molar-refractivity contribution in [3.8, 4) is 107 Å². The van der Waals surface area contributed by atoms with E-state index < -0.39 is 0 Å². The van der Waals surface area contributed by atoms with E-state index in [1.807, 2.05) is 0 Å². The normalized spacial score (nSPS) is 12.1. The van der Waals surface area contributed by atoms with Crippen LogP contribution in [0.3, 0.4) is 0 Å². The van der Waals surface area contributed by atoms with Crippen molar-refractivity contribution >= 4 is 0 Å². The van der Waals surface area contributed by atoms with Crippen molar-refractivity contribution in [2.75, 3.05) is 0 Å². The molecule has 0 amide bonds. The van der Waals surface area contributed by atoms with Crippen LogP contribution in [0, 0.1) is 13.8 Å². The van der Waals surface area contributed by atoms with Gasteiger partial charge in [-0.3, -0.25) is 13.7 Å². The molecule has 3 aromatic heterocycles. The first kappa shape index (κ1) is 90.1. The number of rotatable bonds is 28. The fourth-order valence-electron chi connectivity index (χ4n) is 16.8. The van der Waals surface area contributed by atoms with Crippen molar-refractivity contribution in [3.63, 3.8) is 0 Å². The Morgan fingerprint density at radius 1 is 0.230 bits per heavy atom. The SMILES string of the molecule is CCCCC(C)(C)c1nnc(-c2cccc(-c3ccccc3)c2)n1-c1ccc(-c2ccccc2)cc1C.CCCCCCC(C)(C)c1nnc(-c2cccc(-c3ccc(C(C)(C)C)cc3)c2)n1-c1ccc(-c2ccc(C(C)(C)C)cc2)cc1CC.CCCCCCC(C)(C)c1nnc(-c2cccc(C(C)(C)C)c2)n1-c1ccc(-c2ccccc2)cc1C. The van der Waals surface area contributed by atoms with Crippen molar-refractivity contribution in [2.24, 2.45) is 0 Å². The monoisotopic (exact) mass is 1620 g/mol. The maximum absolute atomic E-state index is 4.98. The van der Waals surface area contributed by atoms with Gasteiger partial charge in [0.1, 0.15) is 17.5 Å². The fraction of sp³-hybridized carbons (Fsp3) is 0.363. The highest BCUT2D eigenvalue weighted by Gasteiger charge is 2.34. The first-order chi connectivity index (χ1) is 58.3. The zero-order valence-electron chi connectivity index (χ0n) is 77.3. The minimum absolute atomic E-state index is 0.0650. The van der Waals surface area contributed by atoms with E-state index in [0.29, 0.717) is 0 Å². The Kier molecular flexibility index (Phi) is 29.1. The summed E-state index contributed by atoms with van der Waals surface area (Å²) < 4.78 is 6.99. The Labute approximate surface area is 732 Å². The molecular weight excluding hydrogens is 1480 g/mol. The van der Waals surface area contributed by atoms with Gasteiger partial charge in [-0.15, -0.1) is 30.6 Å². The van der Waals surface area contributed by atoms with Crippen LogP contribution in [0.1, 0.15) is 266 Å². The lowest BCUT2D eigenvalue weighted by molar-refractivity contribution is 0.416. The molecule has 0 saturated carbocycles. The molecule has 0 aliphatic rings. The molecule has 0 unspecified atom stereocenters. The highest BCUT2D eigenvalue weighted by molar-refractivity contribution is 5.76. The summed E-state index contributed by atoms with van der Waals surface area (Å²) in [6.07, 6.45) is 16.4. The van der Waals surface area contributed by atoms with E-state index in [9.17, 15) is 0 Å². The zero-order valence-corrected chi connectivity index (χ0v) is 77.3. The first-order valence-corrected chi connectivity index (χ1v) is 45.2. The van der Waals surface area contributed by atoms with Gasteiger partial charge in [0, 0.05) is 32.9 Å². The molecule has 632 valence electrons. The smallest absolute Gasteiger partial charge is 0.168 e. The molecule has 122 heavy (non-hydrogen) atoms. The molecule has 0 bridgehead atoms. The van der Waals surface area contributed by atoms with E-state index in [2.05, 4.69) is 426 Å². The van der Waals surface area contributed by atoms with Crippen molar-refractivity contribution in [3.05, 3.63) is 318 Å². The highest BCUT2D eigenvalue weighted by atomic mass is 15.3. The minimum atomic E-state index is -0.133. The average molecular weight is 1620 g/mol. The quantitative estimate of drug-likeness (QED) is 0.0454. The van der Waals surface area contributed by atoms with Crippen LogP contribution in [0.25, 0.3) is 107 Å². The van der Waals surface area contributed by atoms with Crippen molar-refractivity contribution in [2.45, 2.75) is 268 Å². The molecule has 14 aromatic rings. The summed E-state index contributed by atoms with van der Waals surface area (Å²) in [5, 5.41) is 29.3. The molecule has 9 heteroatoms. The first-order valence-electron chi connectivity index (χ1n) is 45.2. The van der Waals surface area contributed by atoms with Gasteiger partial charge < -0.3 is 0 Å². The molecule has 14 rings (SSSR count). The van der Waals surface area contributed by atoms with Gasteiger partial charge in [-0.25, -0.2) is 0 Å². The summed E-state index contributed by atoms with van der Waals surface area (Å²) in [7, 11) is 0. The molecular formula is C113H135N9. The lowest BCUT2D eigenvalue weighted by Crippen LogP contribution is -2.23. The third kappa shape index (κ3) is 21.6. The molecule has 0 saturated heterocycles. The van der Waals surface area contributed by atoms with Crippen LogP contribution < -0.4 is 0 Å². The van der Waals surface area contributed by atoms with Gasteiger partial charge in [0.05, 0.1) is 17.1 Å². The van der Waals surface area contributed by atoms with Crippen LogP contribution in [-0.2, 0) is 38.9 Å². The second-order valence-electron chi connectivity index (χ2n) is 38.9. The molecule has 0 aliphatic heterocycles. The second-order valence-corrected chi connectivity index (χ2v) is 38.9. The number of aromatic nitrogens is 9. The van der Waals surface area contributed by atoms with E-state index in [-0.39, 0.29) is 32.5 Å². The Hall–Kier alpha value is -11.2. The van der Waals surface area contributed by atoms with Gasteiger partial charge in [0.2, 0.25) is 0 Å². The van der Waals surface area contributed by atoms with Gasteiger partial charge in [0.15, 0.2) is 17.5 Å². The zero-order chi connectivity index (χ0) is 87.2. The maximum Gasteiger partial charge on any atom is 0.168 e. The second kappa shape index (κ2) is 39.4. The number of hydrogen-bond acceptors (Lipinski definition) is 6. The van der Waals surface area contributed by atoms with E-state index in [4.69, 9.17) is 30.6 Å². The summed E-state index contributed by atoms with van der Waals surface area (Å²) in [5.74, 6) is 5.78. The predicted molar refractivity (Wildman–Crippen MR) is 519 cm³/mol. The van der Waals surface area contributed by atoms with E-state index >= 15 is 0 Å². The Morgan fingerprint density at radius 2 is 0.516 bits per heavy atom. The summed E-state index contributed by atoms with van der Waals surface area (Å²) in [4.78, 5) is 0. The molecule has 0 aliphatic carbocycles. The highest BCUT2D eigenvalue weighted by Crippen LogP contribution is 2.42. The number of unbranched alkanes of at least 4 members (excludes halogenated alkanes) is 7. The van der Waals surface area contributed by atoms with Gasteiger partial charge in [0.25, 0.3) is 0 Å². The number of hydrogen-bond donors (Lipinski definition) is 0. The lowest BCUT2D eigenvalue weighted by Gasteiger charge is -2.26. The third-order valence-corrected chi connectivity index (χ3v) is 24.6. The van der Waals surface area contributed by atoms with Crippen LogP contribution in [0.2, 0.25) is 0 Å². The van der Waals surface area contributed by atoms with Crippen molar-refractivity contribution in [1.29, 1.82) is 0 Å². The molecule has 0 radical (unpaired) electrons. The van der Waals surface area contributed by atoms with Crippen molar-refractivity contribution in [1.82, 2.24) is 44.3 Å². The van der Waals surface area contributed by atoms with Gasteiger partial charge in [-0.1, -0.05) is 408 Å². The average Bonchev–Trinajstić information content (AvgIpc) is 1.59. The standard InChI is InChI=1S/C45H57N3.C34H35N3.C34H43N3/c1-11-13-14-15-29-45(9,10)42-47-46-41(37-18-16-17-35(31-37)33-19-24-38(25-20-33)43(3,4)5)48(42)40-28-23-36(30-32(40)12-2)34-21-26-39(27-22-34)44(6,7)8;1-5-6-22-34(3,4)33-36-35-32(30-19-13-18-28(24-30)26-14-9-7-10-15-26)37(33)31-21-20-29(23-25(31)2)27-16-11-8-12-17-27;1-8-9-10-14-22-34(6,7)32-36-35-31(28-18-15-19-29(24-28)33(3,4)5)37(32)30-21-20-27(23-25(30)2)26-16-12-11-13-17-26/h16-28,30-31H,11-15,29H2,1-10H3;7-21,23-24H,5-6,22H2,1-4H3;11-13,15-21,23-24H,8-10,14,22H2,1-7H3. The largest absolute Gasteiger partial charge is 0.278 e. The Balaban J connectivity index is 0.000000169. The van der Waals surface area contributed by atoms with E-state index in [0.717, 1.165) is 102 Å². The minimum Gasteiger partial charge on any atom is -0.278 e. The number of aryl methyl sites for hydroxylation is 3. The summed E-state index contributed by atoms with van der Waals surface area (Å²) in [5.41, 5.74) is 26.6. The van der Waals surface area contributed by atoms with Crippen LogP contribution >= 0.6 is 0 Å². The predicted octanol–water partition coefficient (Wildman–Crippen LogP) is 31.2. The maximum atomic E-state index is 4.98. The van der Waals surface area contributed by atoms with Crippen LogP contribution in [-0.4, -0.2) is 44.3 Å². The topological polar surface area (TPSA) is 92.1 Å². The number of nitrogens with zero attached hydrogens (tertiary/aromatic N) is 9. The van der Waals surface area contributed by atoms with E-state index in [1.165, 1.54) is 146 Å². The molecule has 9 nitrogen and oxygen atoms in total. The Bertz CT molecular complexity index is 5730. The fourth-order valence-corrected chi connectivity index (χ4v) is 16.8. The molecule has 0 fully saturated rings. The molecule has 11 aromatic carbocycles. The lowest BCUT2D eigenvalue weighted by atomic mass is 9.85. The molecule has 3 heterocycles. The summed E-state index contributed by atoms with van der Waals surface area (Å²) >= 11 is 0. The van der Waals surface area contributed by atoms with Gasteiger partial charge in [-0.05, 0) is 199 Å². The van der Waals surface area contributed by atoms with Crippen LogP contribution in [0.5, 0.6) is 0 Å². The van der Waals surface area contributed by atoms with Gasteiger partial charge >= 0.3 is 0 Å². The van der Waals surface area contributed by atoms with E-state index in [1.54, 1.807) is 0 Å². The molecule has 0 spiro atoms. The Morgan fingerprint density at radius 3 is 0.861 bits per heavy atom. The van der Waals surface area contributed by atoms with Crippen LogP contribution in [0.4, 0.5) is 0 Å². The number of benzene rings is 11.